The number of halogens is 2. The number of allylic oxidation sites excluding steroid dienone is 1. The van der Waals surface area contributed by atoms with Crippen molar-refractivity contribution in [3.8, 4) is 0 Å². The van der Waals surface area contributed by atoms with Gasteiger partial charge in [-0.25, -0.2) is 0 Å². The average Bonchev–Trinajstić information content (AvgIpc) is 2.48. The predicted molar refractivity (Wildman–Crippen MR) is 96.1 cm³/mol. The molecule has 0 spiro atoms. The molecule has 0 heterocycles. The van der Waals surface area contributed by atoms with Crippen LogP contribution in [0.1, 0.15) is 51.0 Å². The zero-order valence-corrected chi connectivity index (χ0v) is 15.1. The van der Waals surface area contributed by atoms with E-state index in [4.69, 9.17) is 11.6 Å². The fourth-order valence-electron chi connectivity index (χ4n) is 2.92. The molecule has 1 nitrogen and oxygen atoms in total. The first kappa shape index (κ1) is 17.1. The molecular weight excluding hydrogens is 346 g/mol. The summed E-state index contributed by atoms with van der Waals surface area (Å²) in [4.78, 5) is 0. The van der Waals surface area contributed by atoms with E-state index in [2.05, 4.69) is 46.4 Å². The second-order valence-electron chi connectivity index (χ2n) is 5.90. The number of nitrogens with one attached hydrogen (secondary N) is 1. The van der Waals surface area contributed by atoms with Gasteiger partial charge in [-0.15, -0.1) is 0 Å². The van der Waals surface area contributed by atoms with Crippen molar-refractivity contribution in [2.45, 2.75) is 57.9 Å². The minimum Gasteiger partial charge on any atom is -0.313 e. The van der Waals surface area contributed by atoms with Crippen LogP contribution in [-0.2, 0) is 6.42 Å². The lowest BCUT2D eigenvalue weighted by molar-refractivity contribution is 0.490. The first-order valence-corrected chi connectivity index (χ1v) is 9.21. The Bertz CT molecular complexity index is 484. The summed E-state index contributed by atoms with van der Waals surface area (Å²) in [6.45, 7) is 3.29. The van der Waals surface area contributed by atoms with E-state index in [1.54, 1.807) is 5.57 Å². The molecule has 1 aliphatic rings. The number of rotatable bonds is 7. The summed E-state index contributed by atoms with van der Waals surface area (Å²) in [5.41, 5.74) is 2.87. The highest BCUT2D eigenvalue weighted by molar-refractivity contribution is 9.10. The Kier molecular flexibility index (Phi) is 7.28. The highest BCUT2D eigenvalue weighted by atomic mass is 79.9. The van der Waals surface area contributed by atoms with Crippen molar-refractivity contribution in [1.29, 1.82) is 0 Å². The van der Waals surface area contributed by atoms with Gasteiger partial charge < -0.3 is 5.32 Å². The van der Waals surface area contributed by atoms with Gasteiger partial charge in [0.1, 0.15) is 0 Å². The molecule has 1 aliphatic carbocycles. The first-order chi connectivity index (χ1) is 10.2. The summed E-state index contributed by atoms with van der Waals surface area (Å²) in [5.74, 6) is 0. The second-order valence-corrected chi connectivity index (χ2v) is 7.23. The Morgan fingerprint density at radius 3 is 2.81 bits per heavy atom. The fourth-order valence-corrected chi connectivity index (χ4v) is 3.67. The van der Waals surface area contributed by atoms with E-state index in [0.29, 0.717) is 6.04 Å². The summed E-state index contributed by atoms with van der Waals surface area (Å²) in [7, 11) is 0. The quantitative estimate of drug-likeness (QED) is 0.589. The smallest absolute Gasteiger partial charge is 0.0449 e. The molecule has 1 N–H and O–H groups in total. The van der Waals surface area contributed by atoms with Gasteiger partial charge in [0.05, 0.1) is 0 Å². The van der Waals surface area contributed by atoms with Crippen molar-refractivity contribution in [1.82, 2.24) is 5.32 Å². The van der Waals surface area contributed by atoms with E-state index in [1.165, 1.54) is 37.7 Å². The second kappa shape index (κ2) is 8.97. The Morgan fingerprint density at radius 2 is 2.14 bits per heavy atom. The number of hydrogen-bond acceptors (Lipinski definition) is 1. The average molecular weight is 371 g/mol. The molecule has 0 bridgehead atoms. The normalized spacial score (nSPS) is 16.6. The van der Waals surface area contributed by atoms with Gasteiger partial charge in [0.25, 0.3) is 0 Å². The molecule has 0 aliphatic heterocycles. The van der Waals surface area contributed by atoms with Crippen LogP contribution in [-0.4, -0.2) is 12.6 Å². The molecule has 1 unspecified atom stereocenters. The monoisotopic (exact) mass is 369 g/mol. The molecular formula is C18H25BrClN. The largest absolute Gasteiger partial charge is 0.313 e. The molecule has 1 aromatic rings. The van der Waals surface area contributed by atoms with Crippen LogP contribution < -0.4 is 5.32 Å². The van der Waals surface area contributed by atoms with Crippen molar-refractivity contribution in [2.75, 3.05) is 6.54 Å². The molecule has 21 heavy (non-hydrogen) atoms. The van der Waals surface area contributed by atoms with E-state index in [1.807, 2.05) is 6.07 Å². The van der Waals surface area contributed by atoms with Gasteiger partial charge in [0, 0.05) is 15.5 Å². The number of hydrogen-bond donors (Lipinski definition) is 1. The molecule has 116 valence electrons. The minimum atomic E-state index is 0.493. The fraction of sp³-hybridized carbons (Fsp3) is 0.556. The van der Waals surface area contributed by atoms with Crippen molar-refractivity contribution >= 4 is 27.5 Å². The zero-order chi connectivity index (χ0) is 15.1. The Hall–Kier alpha value is -0.310. The van der Waals surface area contributed by atoms with E-state index >= 15 is 0 Å². The van der Waals surface area contributed by atoms with E-state index in [0.717, 1.165) is 28.9 Å². The maximum absolute atomic E-state index is 6.38. The lowest BCUT2D eigenvalue weighted by Crippen LogP contribution is -2.32. The summed E-state index contributed by atoms with van der Waals surface area (Å²) < 4.78 is 1.05. The lowest BCUT2D eigenvalue weighted by atomic mass is 9.92. The molecule has 1 atom stereocenters. The van der Waals surface area contributed by atoms with Gasteiger partial charge in [0.2, 0.25) is 0 Å². The van der Waals surface area contributed by atoms with Gasteiger partial charge in [-0.3, -0.25) is 0 Å². The van der Waals surface area contributed by atoms with Gasteiger partial charge >= 0.3 is 0 Å². The SMILES string of the molecule is CCCNC(CC1=CCCCC1)Cc1ccc(Br)cc1Cl. The maximum Gasteiger partial charge on any atom is 0.0449 e. The van der Waals surface area contributed by atoms with E-state index in [-0.39, 0.29) is 0 Å². The first-order valence-electron chi connectivity index (χ1n) is 8.04. The van der Waals surface area contributed by atoms with Crippen LogP contribution in [0.15, 0.2) is 34.3 Å². The standard InChI is InChI=1S/C18H25BrClN/c1-2-10-21-17(11-14-6-4-3-5-7-14)12-15-8-9-16(19)13-18(15)20/h6,8-9,13,17,21H,2-5,7,10-12H2,1H3. The van der Waals surface area contributed by atoms with Gasteiger partial charge in [-0.1, -0.05) is 52.2 Å². The van der Waals surface area contributed by atoms with Crippen molar-refractivity contribution in [3.05, 3.63) is 44.9 Å². The van der Waals surface area contributed by atoms with E-state index < -0.39 is 0 Å². The molecule has 0 saturated carbocycles. The van der Waals surface area contributed by atoms with Crippen LogP contribution in [0.4, 0.5) is 0 Å². The molecule has 0 amide bonds. The molecule has 0 aromatic heterocycles. The van der Waals surface area contributed by atoms with Crippen LogP contribution in [0, 0.1) is 0 Å². The van der Waals surface area contributed by atoms with Crippen molar-refractivity contribution in [3.63, 3.8) is 0 Å². The van der Waals surface area contributed by atoms with Crippen LogP contribution >= 0.6 is 27.5 Å². The van der Waals surface area contributed by atoms with Crippen molar-refractivity contribution in [2.24, 2.45) is 0 Å². The molecule has 3 heteroatoms. The summed E-state index contributed by atoms with van der Waals surface area (Å²) >= 11 is 9.85. The number of benzene rings is 1. The van der Waals surface area contributed by atoms with Crippen LogP contribution in [0.2, 0.25) is 5.02 Å². The highest BCUT2D eigenvalue weighted by Gasteiger charge is 2.14. The van der Waals surface area contributed by atoms with Gasteiger partial charge in [-0.05, 0) is 69.2 Å². The Balaban J connectivity index is 2.02. The molecule has 0 fully saturated rings. The summed E-state index contributed by atoms with van der Waals surface area (Å²) in [6, 6.07) is 6.71. The zero-order valence-electron chi connectivity index (χ0n) is 12.8. The molecule has 2 rings (SSSR count). The topological polar surface area (TPSA) is 12.0 Å². The van der Waals surface area contributed by atoms with Gasteiger partial charge in [-0.2, -0.15) is 0 Å². The van der Waals surface area contributed by atoms with Crippen molar-refractivity contribution < 1.29 is 0 Å². The molecule has 0 radical (unpaired) electrons. The third-order valence-electron chi connectivity index (χ3n) is 4.06. The summed E-state index contributed by atoms with van der Waals surface area (Å²) in [5, 5.41) is 4.56. The third kappa shape index (κ3) is 5.77. The molecule has 1 aromatic carbocycles. The third-order valence-corrected chi connectivity index (χ3v) is 4.90. The Morgan fingerprint density at radius 1 is 1.29 bits per heavy atom. The van der Waals surface area contributed by atoms with Crippen LogP contribution in [0.3, 0.4) is 0 Å². The van der Waals surface area contributed by atoms with Crippen LogP contribution in [0.5, 0.6) is 0 Å². The van der Waals surface area contributed by atoms with Crippen LogP contribution in [0.25, 0.3) is 0 Å². The highest BCUT2D eigenvalue weighted by Crippen LogP contribution is 2.26. The maximum atomic E-state index is 6.38. The summed E-state index contributed by atoms with van der Waals surface area (Å²) in [6.07, 6.45) is 11.0. The minimum absolute atomic E-state index is 0.493. The predicted octanol–water partition coefficient (Wildman–Crippen LogP) is 5.90. The lowest BCUT2D eigenvalue weighted by Gasteiger charge is -2.22. The Labute approximate surface area is 142 Å². The van der Waals surface area contributed by atoms with Gasteiger partial charge in [0.15, 0.2) is 0 Å². The molecule has 0 saturated heterocycles. The van der Waals surface area contributed by atoms with E-state index in [9.17, 15) is 0 Å².